The van der Waals surface area contributed by atoms with Crippen LogP contribution in [-0.4, -0.2) is 37.1 Å². The van der Waals surface area contributed by atoms with Crippen LogP contribution in [0.15, 0.2) is 47.1 Å². The van der Waals surface area contributed by atoms with E-state index in [1.165, 1.54) is 12.2 Å². The minimum absolute atomic E-state index is 0.180. The largest absolute Gasteiger partial charge is 0.430 e. The molecule has 114 valence electrons. The number of nitrogens with zero attached hydrogens (tertiary/aromatic N) is 3. The van der Waals surface area contributed by atoms with E-state index in [-0.39, 0.29) is 12.3 Å². The summed E-state index contributed by atoms with van der Waals surface area (Å²) in [6, 6.07) is 11.0. The maximum Gasteiger partial charge on any atom is 0.430 e. The van der Waals surface area contributed by atoms with Crippen molar-refractivity contribution in [3.05, 3.63) is 42.0 Å². The molecule has 1 aromatic rings. The van der Waals surface area contributed by atoms with Crippen molar-refractivity contribution >= 4 is 17.5 Å². The van der Waals surface area contributed by atoms with Crippen LogP contribution in [0.2, 0.25) is 0 Å². The zero-order valence-electron chi connectivity index (χ0n) is 12.2. The maximum absolute atomic E-state index is 11.8. The molecule has 1 aliphatic heterocycles. The van der Waals surface area contributed by atoms with E-state index in [9.17, 15) is 4.79 Å². The standard InChI is InChI=1S/C15H16N4O3/c1-21-18-14(10-16)12-6-5-9-19(11-12)22-15(20)17-13-7-3-2-4-8-13/h2-4,6-8H,5,9,11H2,1H3,(H,17,20). The highest BCUT2D eigenvalue weighted by atomic mass is 16.7. The molecule has 1 amide bonds. The average molecular weight is 300 g/mol. The Balaban J connectivity index is 1.92. The van der Waals surface area contributed by atoms with Gasteiger partial charge in [-0.2, -0.15) is 5.26 Å². The first kappa shape index (κ1) is 15.5. The van der Waals surface area contributed by atoms with E-state index in [4.69, 9.17) is 10.1 Å². The van der Waals surface area contributed by atoms with Gasteiger partial charge >= 0.3 is 6.09 Å². The Kier molecular flexibility index (Phi) is 5.51. The van der Waals surface area contributed by atoms with Crippen molar-refractivity contribution in [1.82, 2.24) is 5.06 Å². The number of carbonyl (C=O) groups excluding carboxylic acids is 1. The Morgan fingerprint density at radius 2 is 2.18 bits per heavy atom. The molecule has 7 nitrogen and oxygen atoms in total. The predicted molar refractivity (Wildman–Crippen MR) is 80.9 cm³/mol. The fourth-order valence-corrected chi connectivity index (χ4v) is 1.99. The van der Waals surface area contributed by atoms with Crippen molar-refractivity contribution in [2.24, 2.45) is 5.16 Å². The molecule has 0 aliphatic carbocycles. The number of oxime groups is 1. The van der Waals surface area contributed by atoms with Crippen LogP contribution < -0.4 is 5.32 Å². The highest BCUT2D eigenvalue weighted by molar-refractivity contribution is 6.11. The minimum atomic E-state index is -0.574. The Morgan fingerprint density at radius 1 is 1.41 bits per heavy atom. The second-order valence-electron chi connectivity index (χ2n) is 4.49. The van der Waals surface area contributed by atoms with Crippen LogP contribution in [-0.2, 0) is 9.68 Å². The summed E-state index contributed by atoms with van der Waals surface area (Å²) in [6.45, 7) is 0.843. The molecule has 7 heteroatoms. The number of nitrogens with one attached hydrogen (secondary N) is 1. The number of hydrogen-bond donors (Lipinski definition) is 1. The predicted octanol–water partition coefficient (Wildman–Crippen LogP) is 2.31. The van der Waals surface area contributed by atoms with Gasteiger partial charge in [0.05, 0.1) is 6.54 Å². The summed E-state index contributed by atoms with van der Waals surface area (Å²) in [5.74, 6) is 0. The number of amides is 1. The molecule has 1 aromatic carbocycles. The van der Waals surface area contributed by atoms with Crippen LogP contribution in [0.1, 0.15) is 6.42 Å². The van der Waals surface area contributed by atoms with Gasteiger partial charge in [0.25, 0.3) is 0 Å². The lowest BCUT2D eigenvalue weighted by atomic mass is 10.1. The first-order chi connectivity index (χ1) is 10.7. The van der Waals surface area contributed by atoms with E-state index < -0.39 is 6.09 Å². The van der Waals surface area contributed by atoms with Crippen molar-refractivity contribution in [2.45, 2.75) is 6.42 Å². The molecule has 0 saturated heterocycles. The Morgan fingerprint density at radius 3 is 2.86 bits per heavy atom. The minimum Gasteiger partial charge on any atom is -0.398 e. The first-order valence-corrected chi connectivity index (χ1v) is 6.72. The first-order valence-electron chi connectivity index (χ1n) is 6.72. The summed E-state index contributed by atoms with van der Waals surface area (Å²) < 4.78 is 0. The molecule has 1 heterocycles. The van der Waals surface area contributed by atoms with Crippen LogP contribution in [0.5, 0.6) is 0 Å². The average Bonchev–Trinajstić information content (AvgIpc) is 2.53. The van der Waals surface area contributed by atoms with E-state index >= 15 is 0 Å². The van der Waals surface area contributed by atoms with Crippen molar-refractivity contribution < 1.29 is 14.5 Å². The van der Waals surface area contributed by atoms with Crippen molar-refractivity contribution in [2.75, 3.05) is 25.5 Å². The molecule has 1 N–H and O–H groups in total. The van der Waals surface area contributed by atoms with Gasteiger partial charge in [0.1, 0.15) is 13.2 Å². The normalized spacial score (nSPS) is 15.5. The van der Waals surface area contributed by atoms with Gasteiger partial charge in [-0.3, -0.25) is 5.32 Å². The topological polar surface area (TPSA) is 86.9 Å². The van der Waals surface area contributed by atoms with Gasteiger partial charge in [0, 0.05) is 17.8 Å². The van der Waals surface area contributed by atoms with Crippen LogP contribution >= 0.6 is 0 Å². The molecule has 1 aliphatic rings. The Bertz CT molecular complexity index is 619. The number of nitriles is 1. The third kappa shape index (κ3) is 4.33. The van der Waals surface area contributed by atoms with Gasteiger partial charge in [-0.25, -0.2) is 4.79 Å². The van der Waals surface area contributed by atoms with E-state index in [1.807, 2.05) is 30.3 Å². The van der Waals surface area contributed by atoms with Gasteiger partial charge in [-0.1, -0.05) is 29.4 Å². The Hall–Kier alpha value is -2.85. The number of carbonyl (C=O) groups is 1. The van der Waals surface area contributed by atoms with Gasteiger partial charge in [-0.05, 0) is 18.6 Å². The molecule has 0 unspecified atom stereocenters. The summed E-state index contributed by atoms with van der Waals surface area (Å²) in [4.78, 5) is 21.7. The number of anilines is 1. The summed E-state index contributed by atoms with van der Waals surface area (Å²) in [7, 11) is 1.38. The second-order valence-corrected chi connectivity index (χ2v) is 4.49. The molecule has 0 fully saturated rings. The number of hydroxylamine groups is 2. The molecule has 2 rings (SSSR count). The maximum atomic E-state index is 11.8. The van der Waals surface area contributed by atoms with E-state index in [1.54, 1.807) is 12.1 Å². The summed E-state index contributed by atoms with van der Waals surface area (Å²) >= 11 is 0. The lowest BCUT2D eigenvalue weighted by molar-refractivity contribution is -0.0872. The number of para-hydroxylation sites is 1. The summed E-state index contributed by atoms with van der Waals surface area (Å²) in [5.41, 5.74) is 1.50. The molecular formula is C15H16N4O3. The van der Waals surface area contributed by atoms with Crippen LogP contribution in [0.25, 0.3) is 0 Å². The van der Waals surface area contributed by atoms with E-state index in [2.05, 4.69) is 15.3 Å². The zero-order valence-corrected chi connectivity index (χ0v) is 12.2. The van der Waals surface area contributed by atoms with Crippen LogP contribution in [0.4, 0.5) is 10.5 Å². The highest BCUT2D eigenvalue weighted by Gasteiger charge is 2.20. The number of benzene rings is 1. The summed E-state index contributed by atoms with van der Waals surface area (Å²) in [5, 5.41) is 16.8. The quantitative estimate of drug-likeness (QED) is 0.681. The van der Waals surface area contributed by atoms with Crippen LogP contribution in [0, 0.1) is 11.3 Å². The lowest BCUT2D eigenvalue weighted by Gasteiger charge is -2.24. The molecule has 0 atom stereocenters. The lowest BCUT2D eigenvalue weighted by Crippen LogP contribution is -2.35. The number of hydrogen-bond acceptors (Lipinski definition) is 6. The Labute approximate surface area is 128 Å². The highest BCUT2D eigenvalue weighted by Crippen LogP contribution is 2.13. The smallest absolute Gasteiger partial charge is 0.398 e. The van der Waals surface area contributed by atoms with Gasteiger partial charge < -0.3 is 9.68 Å². The molecule has 22 heavy (non-hydrogen) atoms. The number of rotatable bonds is 4. The molecule has 0 bridgehead atoms. The van der Waals surface area contributed by atoms with Gasteiger partial charge in [0.15, 0.2) is 5.71 Å². The fraction of sp³-hybridized carbons (Fsp3) is 0.267. The van der Waals surface area contributed by atoms with Gasteiger partial charge in [0.2, 0.25) is 0 Å². The SMILES string of the molecule is CON=C(C#N)C1=CCCN(OC(=O)Nc2ccccc2)C1. The van der Waals surface area contributed by atoms with Crippen LogP contribution in [0.3, 0.4) is 0 Å². The molecule has 0 aromatic heterocycles. The molecular weight excluding hydrogens is 284 g/mol. The van der Waals surface area contributed by atoms with Crippen molar-refractivity contribution in [3.63, 3.8) is 0 Å². The molecule has 0 radical (unpaired) electrons. The zero-order chi connectivity index (χ0) is 15.8. The van der Waals surface area contributed by atoms with E-state index in [0.29, 0.717) is 24.2 Å². The van der Waals surface area contributed by atoms with E-state index in [0.717, 1.165) is 0 Å². The van der Waals surface area contributed by atoms with Gasteiger partial charge in [-0.15, -0.1) is 5.06 Å². The third-order valence-corrected chi connectivity index (χ3v) is 2.94. The fourth-order valence-electron chi connectivity index (χ4n) is 1.99. The molecule has 0 saturated carbocycles. The third-order valence-electron chi connectivity index (χ3n) is 2.94. The monoisotopic (exact) mass is 300 g/mol. The van der Waals surface area contributed by atoms with Crippen molar-refractivity contribution in [3.8, 4) is 6.07 Å². The summed E-state index contributed by atoms with van der Waals surface area (Å²) in [6.07, 6.45) is 1.96. The van der Waals surface area contributed by atoms with Crippen molar-refractivity contribution in [1.29, 1.82) is 5.26 Å². The molecule has 0 spiro atoms. The second kappa shape index (κ2) is 7.81.